The van der Waals surface area contributed by atoms with Gasteiger partial charge in [-0.3, -0.25) is 9.97 Å². The van der Waals surface area contributed by atoms with Crippen molar-refractivity contribution < 1.29 is 13.2 Å². The molecule has 2 aromatic rings. The van der Waals surface area contributed by atoms with Gasteiger partial charge in [0, 0.05) is 12.4 Å². The van der Waals surface area contributed by atoms with E-state index in [0.29, 0.717) is 10.5 Å². The Balaban J connectivity index is 2.21. The first-order valence-electron chi connectivity index (χ1n) is 4.28. The van der Waals surface area contributed by atoms with Crippen LogP contribution >= 0.6 is 0 Å². The van der Waals surface area contributed by atoms with Crippen LogP contribution in [0.25, 0.3) is 11.4 Å². The molecule has 0 bridgehead atoms. The van der Waals surface area contributed by atoms with Crippen LogP contribution in [0.2, 0.25) is 0 Å². The molecule has 0 saturated heterocycles. The first kappa shape index (κ1) is 10.5. The SMILES string of the molecule is FC(F)(F)Cn1ncc(-c2cnccn2)n1. The summed E-state index contributed by atoms with van der Waals surface area (Å²) in [5.41, 5.74) is 0.647. The van der Waals surface area contributed by atoms with Gasteiger partial charge in [-0.25, -0.2) is 0 Å². The molecule has 0 spiro atoms. The largest absolute Gasteiger partial charge is 0.409 e. The fourth-order valence-corrected chi connectivity index (χ4v) is 1.08. The molecule has 0 aliphatic carbocycles. The van der Waals surface area contributed by atoms with Crippen molar-refractivity contribution in [3.8, 4) is 11.4 Å². The van der Waals surface area contributed by atoms with Gasteiger partial charge in [-0.05, 0) is 0 Å². The summed E-state index contributed by atoms with van der Waals surface area (Å²) in [7, 11) is 0. The third-order valence-corrected chi connectivity index (χ3v) is 1.68. The van der Waals surface area contributed by atoms with Crippen LogP contribution < -0.4 is 0 Å². The standard InChI is InChI=1S/C8H6F3N5/c9-8(10,11)5-16-14-4-7(15-16)6-3-12-1-2-13-6/h1-4H,5H2. The molecule has 0 unspecified atom stereocenters. The quantitative estimate of drug-likeness (QED) is 0.778. The Morgan fingerprint density at radius 3 is 2.56 bits per heavy atom. The number of halogens is 3. The lowest BCUT2D eigenvalue weighted by molar-refractivity contribution is -0.144. The molecule has 0 N–H and O–H groups in total. The van der Waals surface area contributed by atoms with Crippen molar-refractivity contribution in [2.75, 3.05) is 0 Å². The first-order valence-corrected chi connectivity index (χ1v) is 4.28. The zero-order valence-corrected chi connectivity index (χ0v) is 7.89. The Bertz CT molecular complexity index is 464. The number of nitrogens with zero attached hydrogens (tertiary/aromatic N) is 5. The lowest BCUT2D eigenvalue weighted by Crippen LogP contribution is -2.19. The van der Waals surface area contributed by atoms with Crippen LogP contribution in [0.1, 0.15) is 0 Å². The summed E-state index contributed by atoms with van der Waals surface area (Å²) in [5, 5.41) is 7.14. The van der Waals surface area contributed by atoms with Crippen molar-refractivity contribution in [2.45, 2.75) is 12.7 Å². The molecule has 2 heterocycles. The predicted molar refractivity (Wildman–Crippen MR) is 47.1 cm³/mol. The molecular weight excluding hydrogens is 223 g/mol. The highest BCUT2D eigenvalue weighted by Crippen LogP contribution is 2.17. The van der Waals surface area contributed by atoms with Crippen molar-refractivity contribution >= 4 is 0 Å². The summed E-state index contributed by atoms with van der Waals surface area (Å²) in [6.45, 7) is -1.22. The summed E-state index contributed by atoms with van der Waals surface area (Å²) in [6, 6.07) is 0. The Hall–Kier alpha value is -1.99. The molecule has 16 heavy (non-hydrogen) atoms. The Morgan fingerprint density at radius 2 is 1.94 bits per heavy atom. The minimum Gasteiger partial charge on any atom is -0.261 e. The maximum absolute atomic E-state index is 12.0. The summed E-state index contributed by atoms with van der Waals surface area (Å²) in [4.78, 5) is 8.26. The molecule has 0 atom stereocenters. The molecule has 0 aliphatic heterocycles. The molecule has 0 radical (unpaired) electrons. The van der Waals surface area contributed by atoms with Gasteiger partial charge in [0.05, 0.1) is 12.4 Å². The van der Waals surface area contributed by atoms with E-state index in [1.54, 1.807) is 0 Å². The van der Waals surface area contributed by atoms with Gasteiger partial charge in [-0.1, -0.05) is 0 Å². The molecule has 8 heteroatoms. The van der Waals surface area contributed by atoms with Gasteiger partial charge in [-0.2, -0.15) is 28.2 Å². The molecular formula is C8H6F3N5. The topological polar surface area (TPSA) is 56.5 Å². The van der Waals surface area contributed by atoms with Crippen molar-refractivity contribution in [1.82, 2.24) is 25.0 Å². The van der Waals surface area contributed by atoms with Gasteiger partial charge in [0.2, 0.25) is 0 Å². The fraction of sp³-hybridized carbons (Fsp3) is 0.250. The first-order chi connectivity index (χ1) is 7.54. The Kier molecular flexibility index (Phi) is 2.55. The molecule has 0 amide bonds. The molecule has 5 nitrogen and oxygen atoms in total. The van der Waals surface area contributed by atoms with E-state index in [2.05, 4.69) is 20.2 Å². The molecule has 0 aromatic carbocycles. The van der Waals surface area contributed by atoms with Crippen LogP contribution in [0.15, 0.2) is 24.8 Å². The third-order valence-electron chi connectivity index (χ3n) is 1.68. The van der Waals surface area contributed by atoms with Crippen molar-refractivity contribution in [1.29, 1.82) is 0 Å². The fourth-order valence-electron chi connectivity index (χ4n) is 1.08. The van der Waals surface area contributed by atoms with E-state index >= 15 is 0 Å². The van der Waals surface area contributed by atoms with Crippen LogP contribution in [-0.4, -0.2) is 31.1 Å². The molecule has 0 saturated carbocycles. The zero-order chi connectivity index (χ0) is 11.6. The maximum Gasteiger partial charge on any atom is 0.409 e. The highest BCUT2D eigenvalue weighted by atomic mass is 19.4. The van der Waals surface area contributed by atoms with E-state index in [1.807, 2.05) is 0 Å². The van der Waals surface area contributed by atoms with E-state index in [4.69, 9.17) is 0 Å². The smallest absolute Gasteiger partial charge is 0.261 e. The number of hydrogen-bond acceptors (Lipinski definition) is 4. The number of rotatable bonds is 2. The van der Waals surface area contributed by atoms with Gasteiger partial charge in [0.1, 0.15) is 11.4 Å². The molecule has 2 rings (SSSR count). The van der Waals surface area contributed by atoms with E-state index in [1.165, 1.54) is 24.8 Å². The summed E-state index contributed by atoms with van der Waals surface area (Å²) < 4.78 is 36.1. The van der Waals surface area contributed by atoms with Crippen molar-refractivity contribution in [2.24, 2.45) is 0 Å². The Morgan fingerprint density at radius 1 is 1.12 bits per heavy atom. The van der Waals surface area contributed by atoms with Crippen LogP contribution in [0.4, 0.5) is 13.2 Å². The summed E-state index contributed by atoms with van der Waals surface area (Å²) in [5.74, 6) is 0. The Labute approximate surface area is 87.9 Å². The number of hydrogen-bond donors (Lipinski definition) is 0. The van der Waals surface area contributed by atoms with E-state index in [9.17, 15) is 13.2 Å². The van der Waals surface area contributed by atoms with E-state index < -0.39 is 12.7 Å². The van der Waals surface area contributed by atoms with E-state index in [0.717, 1.165) is 0 Å². The zero-order valence-electron chi connectivity index (χ0n) is 7.89. The van der Waals surface area contributed by atoms with Gasteiger partial charge in [-0.15, -0.1) is 0 Å². The predicted octanol–water partition coefficient (Wildman–Crippen LogP) is 1.30. The minimum absolute atomic E-state index is 0.261. The lowest BCUT2D eigenvalue weighted by atomic mass is 10.3. The van der Waals surface area contributed by atoms with Crippen LogP contribution in [0, 0.1) is 0 Å². The van der Waals surface area contributed by atoms with E-state index in [-0.39, 0.29) is 5.69 Å². The van der Waals surface area contributed by atoms with Gasteiger partial charge in [0.15, 0.2) is 6.54 Å². The maximum atomic E-state index is 12.0. The molecule has 0 fully saturated rings. The minimum atomic E-state index is -4.33. The van der Waals surface area contributed by atoms with Gasteiger partial charge in [0.25, 0.3) is 0 Å². The molecule has 84 valence electrons. The second kappa shape index (κ2) is 3.87. The van der Waals surface area contributed by atoms with Crippen molar-refractivity contribution in [3.63, 3.8) is 0 Å². The number of alkyl halides is 3. The second-order valence-corrected chi connectivity index (χ2v) is 2.97. The average Bonchev–Trinajstić information content (AvgIpc) is 2.65. The van der Waals surface area contributed by atoms with Gasteiger partial charge < -0.3 is 0 Å². The molecule has 2 aromatic heterocycles. The normalized spacial score (nSPS) is 11.7. The van der Waals surface area contributed by atoms with Crippen molar-refractivity contribution in [3.05, 3.63) is 24.8 Å². The second-order valence-electron chi connectivity index (χ2n) is 2.97. The molecule has 0 aliphatic rings. The highest BCUT2D eigenvalue weighted by Gasteiger charge is 2.29. The van der Waals surface area contributed by atoms with Crippen LogP contribution in [0.5, 0.6) is 0 Å². The lowest BCUT2D eigenvalue weighted by Gasteiger charge is -2.03. The third kappa shape index (κ3) is 2.53. The van der Waals surface area contributed by atoms with Crippen LogP contribution in [-0.2, 0) is 6.54 Å². The van der Waals surface area contributed by atoms with Gasteiger partial charge >= 0.3 is 6.18 Å². The number of aromatic nitrogens is 5. The summed E-state index contributed by atoms with van der Waals surface area (Å²) in [6.07, 6.45) is 1.18. The average molecular weight is 229 g/mol. The summed E-state index contributed by atoms with van der Waals surface area (Å²) >= 11 is 0. The highest BCUT2D eigenvalue weighted by molar-refractivity contribution is 5.49. The monoisotopic (exact) mass is 229 g/mol. The van der Waals surface area contributed by atoms with Crippen LogP contribution in [0.3, 0.4) is 0 Å².